The van der Waals surface area contributed by atoms with Crippen molar-refractivity contribution in [2.24, 2.45) is 0 Å². The molecule has 0 spiro atoms. The van der Waals surface area contributed by atoms with Gasteiger partial charge in [0.05, 0.1) is 0 Å². The molecule has 0 aliphatic carbocycles. The number of benzene rings is 1. The third-order valence-corrected chi connectivity index (χ3v) is 1.52. The Labute approximate surface area is 75.4 Å². The van der Waals surface area contributed by atoms with E-state index >= 15 is 0 Å². The van der Waals surface area contributed by atoms with Crippen molar-refractivity contribution in [3.8, 4) is 0 Å². The first-order valence-corrected chi connectivity index (χ1v) is 3.69. The lowest BCUT2D eigenvalue weighted by atomic mass is 10.1. The Hall–Kier alpha value is -1.68. The zero-order valence-corrected chi connectivity index (χ0v) is 7.10. The molecule has 1 amide bonds. The van der Waals surface area contributed by atoms with Gasteiger partial charge in [-0.25, -0.2) is 5.06 Å². The number of carbonyl (C=O) groups excluding carboxylic acids is 2. The van der Waals surface area contributed by atoms with Gasteiger partial charge in [0.2, 0.25) is 0 Å². The van der Waals surface area contributed by atoms with Gasteiger partial charge in [0.15, 0.2) is 0 Å². The van der Waals surface area contributed by atoms with E-state index in [2.05, 4.69) is 0 Å². The van der Waals surface area contributed by atoms with Gasteiger partial charge in [-0.2, -0.15) is 0 Å². The maximum absolute atomic E-state index is 11.2. The second-order valence-electron chi connectivity index (χ2n) is 2.52. The second kappa shape index (κ2) is 3.82. The van der Waals surface area contributed by atoms with Crippen LogP contribution in [0.1, 0.15) is 10.4 Å². The number of amides is 1. The smallest absolute Gasteiger partial charge is 0.286 e. The Bertz CT molecular complexity index is 319. The molecule has 0 aliphatic heterocycles. The van der Waals surface area contributed by atoms with Crippen LogP contribution in [0.3, 0.4) is 0 Å². The lowest BCUT2D eigenvalue weighted by Gasteiger charge is -2.06. The van der Waals surface area contributed by atoms with E-state index in [0.717, 1.165) is 7.05 Å². The molecular weight excluding hydrogens is 170 g/mol. The Morgan fingerprint density at radius 3 is 2.23 bits per heavy atom. The maximum Gasteiger partial charge on any atom is 0.318 e. The average Bonchev–Trinajstić information content (AvgIpc) is 2.17. The van der Waals surface area contributed by atoms with E-state index in [4.69, 9.17) is 5.21 Å². The highest BCUT2D eigenvalue weighted by Gasteiger charge is 2.18. The summed E-state index contributed by atoms with van der Waals surface area (Å²) in [7, 11) is 1.11. The fourth-order valence-electron chi connectivity index (χ4n) is 0.860. The highest BCUT2D eigenvalue weighted by Crippen LogP contribution is 2.01. The number of hydroxylamine groups is 2. The van der Waals surface area contributed by atoms with Crippen molar-refractivity contribution in [1.29, 1.82) is 0 Å². The van der Waals surface area contributed by atoms with Crippen molar-refractivity contribution in [3.63, 3.8) is 0 Å². The molecule has 0 saturated heterocycles. The lowest BCUT2D eigenvalue weighted by Crippen LogP contribution is -2.30. The molecule has 0 bridgehead atoms. The molecule has 4 nitrogen and oxygen atoms in total. The van der Waals surface area contributed by atoms with E-state index in [0.29, 0.717) is 0 Å². The fourth-order valence-corrected chi connectivity index (χ4v) is 0.860. The van der Waals surface area contributed by atoms with Crippen LogP contribution in [-0.2, 0) is 4.79 Å². The van der Waals surface area contributed by atoms with Gasteiger partial charge < -0.3 is 0 Å². The van der Waals surface area contributed by atoms with Crippen LogP contribution in [0.25, 0.3) is 0 Å². The molecule has 13 heavy (non-hydrogen) atoms. The minimum atomic E-state index is -0.939. The van der Waals surface area contributed by atoms with Crippen LogP contribution >= 0.6 is 0 Å². The van der Waals surface area contributed by atoms with E-state index in [-0.39, 0.29) is 10.6 Å². The molecule has 0 unspecified atom stereocenters. The molecular formula is C9H9NO3. The quantitative estimate of drug-likeness (QED) is 0.315. The number of hydrogen-bond acceptors (Lipinski definition) is 3. The Morgan fingerprint density at radius 2 is 1.77 bits per heavy atom. The first-order chi connectivity index (χ1) is 6.13. The van der Waals surface area contributed by atoms with Crippen LogP contribution in [-0.4, -0.2) is 29.0 Å². The van der Waals surface area contributed by atoms with E-state index in [1.165, 1.54) is 12.1 Å². The first kappa shape index (κ1) is 9.41. The van der Waals surface area contributed by atoms with Crippen LogP contribution in [0.2, 0.25) is 0 Å². The summed E-state index contributed by atoms with van der Waals surface area (Å²) in [6.07, 6.45) is 0. The molecule has 4 heteroatoms. The number of rotatable bonds is 2. The number of ketones is 1. The van der Waals surface area contributed by atoms with E-state index < -0.39 is 11.7 Å². The summed E-state index contributed by atoms with van der Waals surface area (Å²) in [5.74, 6) is -1.66. The number of nitrogens with zero attached hydrogens (tertiary/aromatic N) is 1. The van der Waals surface area contributed by atoms with Gasteiger partial charge in [-0.05, 0) is 0 Å². The van der Waals surface area contributed by atoms with Crippen molar-refractivity contribution in [3.05, 3.63) is 35.9 Å². The van der Waals surface area contributed by atoms with Crippen molar-refractivity contribution in [2.45, 2.75) is 0 Å². The lowest BCUT2D eigenvalue weighted by molar-refractivity contribution is -0.153. The molecule has 0 saturated carbocycles. The molecule has 1 aromatic rings. The average molecular weight is 179 g/mol. The number of Topliss-reactive ketones (excluding diaryl/α,β-unsaturated/α-hetero) is 1. The molecule has 1 aromatic carbocycles. The minimum absolute atomic E-state index is 0.272. The van der Waals surface area contributed by atoms with Crippen molar-refractivity contribution < 1.29 is 14.8 Å². The number of carbonyl (C=O) groups is 2. The highest BCUT2D eigenvalue weighted by molar-refractivity contribution is 6.42. The molecule has 1 rings (SSSR count). The monoisotopic (exact) mass is 179 g/mol. The van der Waals surface area contributed by atoms with E-state index in [9.17, 15) is 9.59 Å². The van der Waals surface area contributed by atoms with Gasteiger partial charge in [0.25, 0.3) is 5.78 Å². The van der Waals surface area contributed by atoms with Gasteiger partial charge in [-0.1, -0.05) is 30.3 Å². The number of hydrogen-bond donors (Lipinski definition) is 1. The number of likely N-dealkylation sites (N-methyl/N-ethyl adjacent to an activating group) is 1. The molecule has 68 valence electrons. The third-order valence-electron chi connectivity index (χ3n) is 1.52. The molecule has 0 heterocycles. The molecule has 1 N–H and O–H groups in total. The summed E-state index contributed by atoms with van der Waals surface area (Å²) in [6.45, 7) is 0. The summed E-state index contributed by atoms with van der Waals surface area (Å²) in [4.78, 5) is 22.2. The standard InChI is InChI=1S/C9H9NO3/c1-10(13)9(12)8(11)7-5-3-2-4-6-7/h2-6,13H,1H3. The predicted octanol–water partition coefficient (Wildman–Crippen LogP) is 0.717. The van der Waals surface area contributed by atoms with E-state index in [1.54, 1.807) is 18.2 Å². The Kier molecular flexibility index (Phi) is 2.76. The van der Waals surface area contributed by atoms with Crippen molar-refractivity contribution >= 4 is 11.7 Å². The van der Waals surface area contributed by atoms with Crippen LogP contribution in [0, 0.1) is 0 Å². The van der Waals surface area contributed by atoms with Gasteiger partial charge in [0.1, 0.15) is 0 Å². The summed E-state index contributed by atoms with van der Waals surface area (Å²) >= 11 is 0. The van der Waals surface area contributed by atoms with Crippen LogP contribution < -0.4 is 0 Å². The highest BCUT2D eigenvalue weighted by atomic mass is 16.5. The molecule has 0 fully saturated rings. The SMILES string of the molecule is CN(O)C(=O)C(=O)c1ccccc1. The van der Waals surface area contributed by atoms with Crippen LogP contribution in [0.4, 0.5) is 0 Å². The van der Waals surface area contributed by atoms with Crippen LogP contribution in [0.5, 0.6) is 0 Å². The summed E-state index contributed by atoms with van der Waals surface area (Å²) in [5, 5.41) is 8.99. The Morgan fingerprint density at radius 1 is 1.23 bits per heavy atom. The third kappa shape index (κ3) is 2.13. The normalized spacial score (nSPS) is 9.38. The second-order valence-corrected chi connectivity index (χ2v) is 2.52. The van der Waals surface area contributed by atoms with E-state index in [1.807, 2.05) is 0 Å². The molecule has 0 atom stereocenters. The Balaban J connectivity index is 2.87. The van der Waals surface area contributed by atoms with Gasteiger partial charge in [-0.15, -0.1) is 0 Å². The first-order valence-electron chi connectivity index (χ1n) is 3.69. The zero-order valence-electron chi connectivity index (χ0n) is 7.10. The van der Waals surface area contributed by atoms with Crippen molar-refractivity contribution in [2.75, 3.05) is 7.05 Å². The van der Waals surface area contributed by atoms with Crippen LogP contribution in [0.15, 0.2) is 30.3 Å². The predicted molar refractivity (Wildman–Crippen MR) is 45.3 cm³/mol. The largest absolute Gasteiger partial charge is 0.318 e. The molecule has 0 aromatic heterocycles. The fraction of sp³-hybridized carbons (Fsp3) is 0.111. The van der Waals surface area contributed by atoms with Gasteiger partial charge in [-0.3, -0.25) is 14.8 Å². The van der Waals surface area contributed by atoms with Gasteiger partial charge >= 0.3 is 5.91 Å². The minimum Gasteiger partial charge on any atom is -0.286 e. The molecule has 0 radical (unpaired) electrons. The summed E-state index contributed by atoms with van der Waals surface area (Å²) in [6, 6.07) is 8.08. The topological polar surface area (TPSA) is 57.6 Å². The maximum atomic E-state index is 11.2. The zero-order chi connectivity index (χ0) is 9.84. The molecule has 0 aliphatic rings. The van der Waals surface area contributed by atoms with Gasteiger partial charge in [0, 0.05) is 12.6 Å². The summed E-state index contributed by atoms with van der Waals surface area (Å²) < 4.78 is 0. The summed E-state index contributed by atoms with van der Waals surface area (Å²) in [5.41, 5.74) is 0.272. The van der Waals surface area contributed by atoms with Crippen molar-refractivity contribution in [1.82, 2.24) is 5.06 Å².